The van der Waals surface area contributed by atoms with E-state index in [1.807, 2.05) is 20.4 Å². The zero-order chi connectivity index (χ0) is 14.6. The van der Waals surface area contributed by atoms with Gasteiger partial charge in [-0.1, -0.05) is 6.92 Å². The molecule has 0 amide bonds. The van der Waals surface area contributed by atoms with E-state index in [1.165, 1.54) is 6.42 Å². The van der Waals surface area contributed by atoms with Crippen LogP contribution in [0.4, 0.5) is 0 Å². The maximum absolute atomic E-state index is 5.77. The summed E-state index contributed by atoms with van der Waals surface area (Å²) in [5.74, 6) is 0.864. The van der Waals surface area contributed by atoms with Crippen molar-refractivity contribution in [1.29, 1.82) is 0 Å². The van der Waals surface area contributed by atoms with E-state index in [0.717, 1.165) is 43.7 Å². The van der Waals surface area contributed by atoms with E-state index in [1.54, 1.807) is 7.11 Å². The maximum Gasteiger partial charge on any atom is 0.161 e. The number of hydrogen-bond acceptors (Lipinski definition) is 4. The molecule has 20 heavy (non-hydrogen) atoms. The lowest BCUT2D eigenvalue weighted by atomic mass is 9.75. The minimum Gasteiger partial charge on any atom is -0.493 e. The summed E-state index contributed by atoms with van der Waals surface area (Å²) in [6, 6.07) is 0.208. The molecule has 0 aliphatic heterocycles. The standard InChI is InChI=1S/C15H27N3O2/c1-5-9-18-14(13(19-3)11-17-18)12(16-2)10-15(20-4)7-6-8-15/h11-12,16H,5-10H2,1-4H3. The molecule has 1 aliphatic rings. The Hall–Kier alpha value is -1.07. The van der Waals surface area contributed by atoms with Crippen molar-refractivity contribution >= 4 is 0 Å². The van der Waals surface area contributed by atoms with E-state index < -0.39 is 0 Å². The molecule has 0 saturated heterocycles. The van der Waals surface area contributed by atoms with Gasteiger partial charge in [0.2, 0.25) is 0 Å². The number of aromatic nitrogens is 2. The molecule has 5 heteroatoms. The summed E-state index contributed by atoms with van der Waals surface area (Å²) in [5.41, 5.74) is 1.17. The number of ether oxygens (including phenoxy) is 2. The molecule has 114 valence electrons. The van der Waals surface area contributed by atoms with Gasteiger partial charge in [-0.05, 0) is 39.2 Å². The highest BCUT2D eigenvalue weighted by Gasteiger charge is 2.40. The van der Waals surface area contributed by atoms with E-state index in [4.69, 9.17) is 9.47 Å². The fourth-order valence-electron chi connectivity index (χ4n) is 3.05. The van der Waals surface area contributed by atoms with Gasteiger partial charge in [-0.3, -0.25) is 4.68 Å². The van der Waals surface area contributed by atoms with Crippen LogP contribution in [0.1, 0.15) is 50.8 Å². The molecular weight excluding hydrogens is 254 g/mol. The third-order valence-corrected chi connectivity index (χ3v) is 4.45. The number of hydrogen-bond donors (Lipinski definition) is 1. The molecule has 1 aromatic rings. The fraction of sp³-hybridized carbons (Fsp3) is 0.800. The molecule has 1 N–H and O–H groups in total. The molecule has 0 aromatic carbocycles. The van der Waals surface area contributed by atoms with Crippen molar-refractivity contribution in [1.82, 2.24) is 15.1 Å². The van der Waals surface area contributed by atoms with Crippen LogP contribution in [-0.4, -0.2) is 36.6 Å². The van der Waals surface area contributed by atoms with Crippen molar-refractivity contribution in [3.63, 3.8) is 0 Å². The first-order chi connectivity index (χ1) is 9.69. The second-order valence-electron chi connectivity index (χ2n) is 5.61. The first-order valence-electron chi connectivity index (χ1n) is 7.51. The maximum atomic E-state index is 5.77. The molecule has 0 radical (unpaired) electrons. The zero-order valence-electron chi connectivity index (χ0n) is 13.1. The van der Waals surface area contributed by atoms with Crippen LogP contribution in [0.25, 0.3) is 0 Å². The van der Waals surface area contributed by atoms with Crippen molar-refractivity contribution in [3.8, 4) is 5.75 Å². The molecule has 2 rings (SSSR count). The van der Waals surface area contributed by atoms with Crippen LogP contribution >= 0.6 is 0 Å². The molecule has 1 fully saturated rings. The van der Waals surface area contributed by atoms with Crippen LogP contribution in [-0.2, 0) is 11.3 Å². The molecule has 0 bridgehead atoms. The summed E-state index contributed by atoms with van der Waals surface area (Å²) < 4.78 is 13.3. The average molecular weight is 281 g/mol. The van der Waals surface area contributed by atoms with Crippen molar-refractivity contribution in [2.75, 3.05) is 21.3 Å². The Bertz CT molecular complexity index is 421. The molecule has 1 aliphatic carbocycles. The Morgan fingerprint density at radius 1 is 1.45 bits per heavy atom. The number of methoxy groups -OCH3 is 2. The van der Waals surface area contributed by atoms with Gasteiger partial charge >= 0.3 is 0 Å². The van der Waals surface area contributed by atoms with E-state index in [-0.39, 0.29) is 11.6 Å². The molecule has 1 atom stereocenters. The van der Waals surface area contributed by atoms with Crippen molar-refractivity contribution in [2.24, 2.45) is 0 Å². The molecular formula is C15H27N3O2. The second kappa shape index (κ2) is 6.59. The summed E-state index contributed by atoms with van der Waals surface area (Å²) >= 11 is 0. The number of nitrogens with zero attached hydrogens (tertiary/aromatic N) is 2. The fourth-order valence-corrected chi connectivity index (χ4v) is 3.05. The first-order valence-corrected chi connectivity index (χ1v) is 7.51. The largest absolute Gasteiger partial charge is 0.493 e. The van der Waals surface area contributed by atoms with Crippen LogP contribution in [0, 0.1) is 0 Å². The quantitative estimate of drug-likeness (QED) is 0.795. The number of rotatable bonds is 8. The summed E-state index contributed by atoms with van der Waals surface area (Å²) in [7, 11) is 5.53. The van der Waals surface area contributed by atoms with Crippen LogP contribution in [0.15, 0.2) is 6.20 Å². The summed E-state index contributed by atoms with van der Waals surface area (Å²) in [6.45, 7) is 3.08. The average Bonchev–Trinajstić information content (AvgIpc) is 2.82. The predicted molar refractivity (Wildman–Crippen MR) is 79.1 cm³/mol. The van der Waals surface area contributed by atoms with Crippen molar-refractivity contribution < 1.29 is 9.47 Å². The third kappa shape index (κ3) is 2.83. The van der Waals surface area contributed by atoms with E-state index >= 15 is 0 Å². The van der Waals surface area contributed by atoms with Gasteiger partial charge in [-0.25, -0.2) is 0 Å². The Kier molecular flexibility index (Phi) is 5.05. The SMILES string of the molecule is CCCn1ncc(OC)c1C(CC1(OC)CCC1)NC. The van der Waals surface area contributed by atoms with Gasteiger partial charge in [0.25, 0.3) is 0 Å². The molecule has 1 aromatic heterocycles. The Morgan fingerprint density at radius 3 is 2.65 bits per heavy atom. The van der Waals surface area contributed by atoms with Crippen LogP contribution in [0.3, 0.4) is 0 Å². The molecule has 5 nitrogen and oxygen atoms in total. The van der Waals surface area contributed by atoms with Gasteiger partial charge in [0, 0.05) is 13.7 Å². The normalized spacial score (nSPS) is 18.6. The lowest BCUT2D eigenvalue weighted by molar-refractivity contribution is -0.0839. The van der Waals surface area contributed by atoms with E-state index in [0.29, 0.717) is 0 Å². The Morgan fingerprint density at radius 2 is 2.20 bits per heavy atom. The van der Waals surface area contributed by atoms with Gasteiger partial charge in [0.15, 0.2) is 5.75 Å². The second-order valence-corrected chi connectivity index (χ2v) is 5.61. The van der Waals surface area contributed by atoms with Crippen molar-refractivity contribution in [3.05, 3.63) is 11.9 Å². The number of nitrogens with one attached hydrogen (secondary N) is 1. The molecule has 0 spiro atoms. The monoisotopic (exact) mass is 281 g/mol. The van der Waals surface area contributed by atoms with Gasteiger partial charge in [-0.2, -0.15) is 5.10 Å². The van der Waals surface area contributed by atoms with Crippen LogP contribution in [0.5, 0.6) is 5.75 Å². The lowest BCUT2D eigenvalue weighted by Gasteiger charge is -2.42. The van der Waals surface area contributed by atoms with Gasteiger partial charge in [0.1, 0.15) is 0 Å². The highest BCUT2D eigenvalue weighted by atomic mass is 16.5. The predicted octanol–water partition coefficient (Wildman–Crippen LogP) is 2.52. The third-order valence-electron chi connectivity index (χ3n) is 4.45. The smallest absolute Gasteiger partial charge is 0.161 e. The summed E-state index contributed by atoms with van der Waals surface area (Å²) in [4.78, 5) is 0. The Labute approximate surface area is 121 Å². The molecule has 1 heterocycles. The van der Waals surface area contributed by atoms with Gasteiger partial charge in [0.05, 0.1) is 30.6 Å². The molecule has 1 saturated carbocycles. The highest BCUT2D eigenvalue weighted by Crippen LogP contribution is 2.43. The van der Waals surface area contributed by atoms with Gasteiger partial charge < -0.3 is 14.8 Å². The van der Waals surface area contributed by atoms with Crippen molar-refractivity contribution in [2.45, 2.75) is 57.2 Å². The van der Waals surface area contributed by atoms with Crippen LogP contribution < -0.4 is 10.1 Å². The first kappa shape index (κ1) is 15.3. The summed E-state index contributed by atoms with van der Waals surface area (Å²) in [5, 5.41) is 7.87. The summed E-state index contributed by atoms with van der Waals surface area (Å²) in [6.07, 6.45) is 7.39. The van der Waals surface area contributed by atoms with Gasteiger partial charge in [-0.15, -0.1) is 0 Å². The minimum absolute atomic E-state index is 0.0278. The topological polar surface area (TPSA) is 48.3 Å². The zero-order valence-corrected chi connectivity index (χ0v) is 13.1. The Balaban J connectivity index is 2.23. The molecule has 1 unspecified atom stereocenters. The lowest BCUT2D eigenvalue weighted by Crippen LogP contribution is -2.42. The van der Waals surface area contributed by atoms with E-state index in [9.17, 15) is 0 Å². The number of aryl methyl sites for hydroxylation is 1. The highest BCUT2D eigenvalue weighted by molar-refractivity contribution is 5.29. The van der Waals surface area contributed by atoms with Crippen LogP contribution in [0.2, 0.25) is 0 Å². The minimum atomic E-state index is 0.0278. The van der Waals surface area contributed by atoms with E-state index in [2.05, 4.69) is 22.0 Å².